The monoisotopic (exact) mass is 355 g/mol. The Morgan fingerprint density at radius 1 is 1.52 bits per heavy atom. The van der Waals surface area contributed by atoms with Crippen molar-refractivity contribution in [3.63, 3.8) is 0 Å². The van der Waals surface area contributed by atoms with Crippen molar-refractivity contribution < 1.29 is 9.53 Å². The van der Waals surface area contributed by atoms with Gasteiger partial charge in [-0.25, -0.2) is 0 Å². The van der Waals surface area contributed by atoms with Gasteiger partial charge >= 0.3 is 0 Å². The van der Waals surface area contributed by atoms with Crippen LogP contribution in [0.5, 0.6) is 0 Å². The maximum atomic E-state index is 12.4. The van der Waals surface area contributed by atoms with Gasteiger partial charge in [0.1, 0.15) is 6.04 Å². The molecule has 2 rings (SSSR count). The minimum Gasteiger partial charge on any atom is -0.398 e. The van der Waals surface area contributed by atoms with Gasteiger partial charge < -0.3 is 20.7 Å². The van der Waals surface area contributed by atoms with Crippen LogP contribution in [-0.4, -0.2) is 37.7 Å². The lowest BCUT2D eigenvalue weighted by atomic mass is 10.1. The van der Waals surface area contributed by atoms with Gasteiger partial charge in [-0.3, -0.25) is 4.79 Å². The van der Waals surface area contributed by atoms with Gasteiger partial charge in [0.15, 0.2) is 0 Å². The van der Waals surface area contributed by atoms with Crippen molar-refractivity contribution in [2.24, 2.45) is 0 Å². The van der Waals surface area contributed by atoms with E-state index in [4.69, 9.17) is 10.5 Å². The fraction of sp³-hybridized carbons (Fsp3) is 0.533. The van der Waals surface area contributed by atoms with Crippen LogP contribution in [0.4, 0.5) is 11.4 Å². The molecule has 116 valence electrons. The summed E-state index contributed by atoms with van der Waals surface area (Å²) in [6.07, 6.45) is 0. The quantitative estimate of drug-likeness (QED) is 0.814. The first kappa shape index (κ1) is 16.1. The molecule has 3 N–H and O–H groups in total. The molecule has 1 unspecified atom stereocenters. The number of morpholine rings is 1. The summed E-state index contributed by atoms with van der Waals surface area (Å²) >= 11 is 3.55. The molecule has 21 heavy (non-hydrogen) atoms. The zero-order chi connectivity index (χ0) is 15.6. The smallest absolute Gasteiger partial charge is 0.245 e. The van der Waals surface area contributed by atoms with Crippen LogP contribution in [-0.2, 0) is 9.53 Å². The van der Waals surface area contributed by atoms with Gasteiger partial charge in [-0.1, -0.05) is 0 Å². The molecule has 1 heterocycles. The fourth-order valence-corrected chi connectivity index (χ4v) is 2.98. The molecule has 0 aromatic heterocycles. The van der Waals surface area contributed by atoms with Crippen LogP contribution >= 0.6 is 15.9 Å². The number of halogens is 1. The summed E-state index contributed by atoms with van der Waals surface area (Å²) in [6, 6.07) is 3.69. The number of benzene rings is 1. The summed E-state index contributed by atoms with van der Waals surface area (Å²) in [5.74, 6) is -0.00826. The molecule has 1 aromatic rings. The molecule has 6 heteroatoms. The number of nitrogens with zero attached hydrogens (tertiary/aromatic N) is 1. The predicted molar refractivity (Wildman–Crippen MR) is 88.5 cm³/mol. The largest absolute Gasteiger partial charge is 0.398 e. The van der Waals surface area contributed by atoms with Crippen molar-refractivity contribution in [2.45, 2.75) is 32.9 Å². The van der Waals surface area contributed by atoms with Gasteiger partial charge in [0.25, 0.3) is 0 Å². The Morgan fingerprint density at radius 3 is 2.90 bits per heavy atom. The minimum absolute atomic E-state index is 0.00826. The molecule has 0 spiro atoms. The predicted octanol–water partition coefficient (Wildman–Crippen LogP) is 2.07. The summed E-state index contributed by atoms with van der Waals surface area (Å²) in [5.41, 5.74) is 8.65. The van der Waals surface area contributed by atoms with E-state index in [0.29, 0.717) is 19.8 Å². The second-order valence-electron chi connectivity index (χ2n) is 5.61. The maximum Gasteiger partial charge on any atom is 0.245 e. The lowest BCUT2D eigenvalue weighted by molar-refractivity contribution is -0.125. The normalized spacial score (nSPS) is 18.9. The number of rotatable bonds is 3. The Bertz CT molecular complexity index is 534. The number of nitrogens with one attached hydrogen (secondary N) is 1. The molecule has 5 nitrogen and oxygen atoms in total. The number of nitrogens with two attached hydrogens (primary N) is 1. The zero-order valence-electron chi connectivity index (χ0n) is 12.6. The molecular formula is C15H22BrN3O2. The van der Waals surface area contributed by atoms with Crippen molar-refractivity contribution in [1.82, 2.24) is 5.32 Å². The lowest BCUT2D eigenvalue weighted by Gasteiger charge is -2.37. The standard InChI is InChI=1S/C15H22BrN3O2/c1-9(2)18-15(20)14-8-21-5-4-19(14)13-6-10(3)12(17)7-11(13)16/h6-7,9,14H,4-5,8,17H2,1-3H3,(H,18,20). The first-order valence-corrected chi connectivity index (χ1v) is 7.90. The summed E-state index contributed by atoms with van der Waals surface area (Å²) in [7, 11) is 0. The van der Waals surface area contributed by atoms with Crippen LogP contribution in [0.1, 0.15) is 19.4 Å². The van der Waals surface area contributed by atoms with E-state index in [1.807, 2.05) is 32.9 Å². The van der Waals surface area contributed by atoms with Crippen LogP contribution < -0.4 is 16.0 Å². The molecule has 1 atom stereocenters. The number of ether oxygens (including phenoxy) is 1. The van der Waals surface area contributed by atoms with E-state index in [-0.39, 0.29) is 18.0 Å². The topological polar surface area (TPSA) is 67.6 Å². The minimum atomic E-state index is -0.319. The van der Waals surface area contributed by atoms with E-state index in [1.54, 1.807) is 0 Å². The van der Waals surface area contributed by atoms with Gasteiger partial charge in [-0.2, -0.15) is 0 Å². The highest BCUT2D eigenvalue weighted by molar-refractivity contribution is 9.10. The summed E-state index contributed by atoms with van der Waals surface area (Å²) in [5, 5.41) is 2.96. The Kier molecular flexibility index (Phi) is 5.11. The SMILES string of the molecule is Cc1cc(N2CCOCC2C(=O)NC(C)C)c(Br)cc1N. The van der Waals surface area contributed by atoms with E-state index < -0.39 is 0 Å². The molecule has 1 aliphatic rings. The third-order valence-corrected chi connectivity index (χ3v) is 4.14. The average Bonchev–Trinajstić information content (AvgIpc) is 2.42. The molecule has 1 saturated heterocycles. The molecule has 1 fully saturated rings. The van der Waals surface area contributed by atoms with Crippen molar-refractivity contribution in [3.05, 3.63) is 22.2 Å². The van der Waals surface area contributed by atoms with E-state index in [0.717, 1.165) is 21.4 Å². The van der Waals surface area contributed by atoms with Gasteiger partial charge in [-0.05, 0) is 54.4 Å². The Morgan fingerprint density at radius 2 is 2.24 bits per heavy atom. The van der Waals surface area contributed by atoms with Crippen LogP contribution in [0.2, 0.25) is 0 Å². The van der Waals surface area contributed by atoms with Gasteiger partial charge in [0.2, 0.25) is 5.91 Å². The van der Waals surface area contributed by atoms with E-state index in [2.05, 4.69) is 26.1 Å². The van der Waals surface area contributed by atoms with Crippen molar-refractivity contribution in [1.29, 1.82) is 0 Å². The number of amides is 1. The first-order valence-electron chi connectivity index (χ1n) is 7.10. The van der Waals surface area contributed by atoms with Gasteiger partial charge in [0, 0.05) is 22.7 Å². The molecule has 0 saturated carbocycles. The van der Waals surface area contributed by atoms with Crippen LogP contribution in [0.25, 0.3) is 0 Å². The first-order chi connectivity index (χ1) is 9.90. The number of carbonyl (C=O) groups is 1. The van der Waals surface area contributed by atoms with E-state index >= 15 is 0 Å². The van der Waals surface area contributed by atoms with Crippen LogP contribution in [0.3, 0.4) is 0 Å². The summed E-state index contributed by atoms with van der Waals surface area (Å²) < 4.78 is 6.39. The average molecular weight is 356 g/mol. The Balaban J connectivity index is 2.30. The molecule has 0 aliphatic carbocycles. The molecule has 1 amide bonds. The van der Waals surface area contributed by atoms with Crippen molar-refractivity contribution in [3.8, 4) is 0 Å². The van der Waals surface area contributed by atoms with Gasteiger partial charge in [0.05, 0.1) is 18.9 Å². The molecule has 0 radical (unpaired) electrons. The van der Waals surface area contributed by atoms with Crippen molar-refractivity contribution >= 4 is 33.2 Å². The summed E-state index contributed by atoms with van der Waals surface area (Å²) in [6.45, 7) is 7.56. The molecular weight excluding hydrogens is 334 g/mol. The van der Waals surface area contributed by atoms with Crippen LogP contribution in [0.15, 0.2) is 16.6 Å². The van der Waals surface area contributed by atoms with Crippen LogP contribution in [0, 0.1) is 6.92 Å². The number of carbonyl (C=O) groups excluding carboxylic acids is 1. The number of hydrogen-bond donors (Lipinski definition) is 2. The summed E-state index contributed by atoms with van der Waals surface area (Å²) in [4.78, 5) is 14.5. The van der Waals surface area contributed by atoms with E-state index in [1.165, 1.54) is 0 Å². The van der Waals surface area contributed by atoms with E-state index in [9.17, 15) is 4.79 Å². The molecule has 1 aromatic carbocycles. The number of aryl methyl sites for hydroxylation is 1. The third kappa shape index (κ3) is 3.68. The number of hydrogen-bond acceptors (Lipinski definition) is 4. The highest BCUT2D eigenvalue weighted by atomic mass is 79.9. The number of anilines is 2. The van der Waals surface area contributed by atoms with Crippen molar-refractivity contribution in [2.75, 3.05) is 30.4 Å². The van der Waals surface area contributed by atoms with Gasteiger partial charge in [-0.15, -0.1) is 0 Å². The highest BCUT2D eigenvalue weighted by Crippen LogP contribution is 2.32. The lowest BCUT2D eigenvalue weighted by Crippen LogP contribution is -2.55. The second-order valence-corrected chi connectivity index (χ2v) is 6.46. The fourth-order valence-electron chi connectivity index (χ4n) is 2.39. The zero-order valence-corrected chi connectivity index (χ0v) is 14.2. The Hall–Kier alpha value is -1.27. The second kappa shape index (κ2) is 6.66. The maximum absolute atomic E-state index is 12.4. The number of nitrogen functional groups attached to an aromatic ring is 1. The molecule has 0 bridgehead atoms. The molecule has 1 aliphatic heterocycles. The Labute approximate surface area is 134 Å². The third-order valence-electron chi connectivity index (χ3n) is 3.51. The highest BCUT2D eigenvalue weighted by Gasteiger charge is 2.31.